The van der Waals surface area contributed by atoms with Crippen molar-refractivity contribution in [3.8, 4) is 5.75 Å². The van der Waals surface area contributed by atoms with Crippen molar-refractivity contribution in [1.29, 1.82) is 0 Å². The molecular weight excluding hydrogens is 454 g/mol. The number of carbonyl (C=O) groups is 2. The smallest absolute Gasteiger partial charge is 0.223 e. The van der Waals surface area contributed by atoms with E-state index < -0.39 is 0 Å². The molecule has 4 rings (SSSR count). The molecule has 6 nitrogen and oxygen atoms in total. The number of hydrogen-bond acceptors (Lipinski definition) is 5. The minimum Gasteiger partial charge on any atom is -0.483 e. The molecule has 0 fully saturated rings. The van der Waals surface area contributed by atoms with Gasteiger partial charge in [0.2, 0.25) is 5.43 Å². The molecule has 0 N–H and O–H groups in total. The van der Waals surface area contributed by atoms with Crippen LogP contribution in [0.1, 0.15) is 50.9 Å². The predicted molar refractivity (Wildman–Crippen MR) is 137 cm³/mol. The van der Waals surface area contributed by atoms with Crippen LogP contribution in [0.2, 0.25) is 0 Å². The van der Waals surface area contributed by atoms with Crippen LogP contribution in [-0.4, -0.2) is 16.3 Å². The lowest BCUT2D eigenvalue weighted by Crippen LogP contribution is -2.21. The molecule has 182 valence electrons. The monoisotopic (exact) mass is 481 g/mol. The van der Waals surface area contributed by atoms with E-state index in [9.17, 15) is 14.4 Å². The number of ether oxygens (including phenoxy) is 1. The Labute approximate surface area is 209 Å². The normalized spacial score (nSPS) is 10.6. The Morgan fingerprint density at radius 1 is 0.778 bits per heavy atom. The summed E-state index contributed by atoms with van der Waals surface area (Å²) in [6.07, 6.45) is 2.02. The first-order chi connectivity index (χ1) is 17.5. The van der Waals surface area contributed by atoms with E-state index in [1.54, 1.807) is 24.3 Å². The molecule has 3 aromatic carbocycles. The Hall–Kier alpha value is -4.45. The summed E-state index contributed by atoms with van der Waals surface area (Å²) in [5.74, 6) is 0.0292. The van der Waals surface area contributed by atoms with Crippen molar-refractivity contribution >= 4 is 11.6 Å². The zero-order chi connectivity index (χ0) is 25.3. The summed E-state index contributed by atoms with van der Waals surface area (Å²) in [7, 11) is 0. The molecule has 36 heavy (non-hydrogen) atoms. The highest BCUT2D eigenvalue weighted by molar-refractivity contribution is 5.98. The van der Waals surface area contributed by atoms with Gasteiger partial charge in [-0.15, -0.1) is 0 Å². The SMILES string of the molecule is CC(=O)c1ccc(C(=O)CCc2cc(=O)c(OCc3ccccc3)cn2OCc2ccccc2)cc1. The number of carbonyl (C=O) groups excluding carboxylic acids is 2. The maximum atomic E-state index is 12.8. The first-order valence-electron chi connectivity index (χ1n) is 11.7. The van der Waals surface area contributed by atoms with Gasteiger partial charge in [-0.2, -0.15) is 4.73 Å². The fourth-order valence-electron chi connectivity index (χ4n) is 3.68. The summed E-state index contributed by atoms with van der Waals surface area (Å²) in [5, 5.41) is 0. The second kappa shape index (κ2) is 11.8. The van der Waals surface area contributed by atoms with Gasteiger partial charge in [0.05, 0.1) is 11.9 Å². The van der Waals surface area contributed by atoms with Crippen molar-refractivity contribution in [1.82, 2.24) is 4.73 Å². The van der Waals surface area contributed by atoms with Crippen LogP contribution in [0, 0.1) is 0 Å². The van der Waals surface area contributed by atoms with Crippen LogP contribution in [0.4, 0.5) is 0 Å². The molecule has 1 heterocycles. The van der Waals surface area contributed by atoms with E-state index in [0.29, 0.717) is 23.2 Å². The number of ketones is 2. The lowest BCUT2D eigenvalue weighted by molar-refractivity contribution is 0.0851. The van der Waals surface area contributed by atoms with E-state index in [-0.39, 0.29) is 42.4 Å². The number of rotatable bonds is 11. The highest BCUT2D eigenvalue weighted by Gasteiger charge is 2.13. The Morgan fingerprint density at radius 3 is 1.97 bits per heavy atom. The van der Waals surface area contributed by atoms with Gasteiger partial charge in [-0.05, 0) is 24.5 Å². The van der Waals surface area contributed by atoms with E-state index >= 15 is 0 Å². The first-order valence-corrected chi connectivity index (χ1v) is 11.7. The zero-order valence-corrected chi connectivity index (χ0v) is 20.1. The lowest BCUT2D eigenvalue weighted by atomic mass is 10.0. The number of aryl methyl sites for hydroxylation is 1. The van der Waals surface area contributed by atoms with E-state index in [1.807, 2.05) is 60.7 Å². The molecule has 0 radical (unpaired) electrons. The van der Waals surface area contributed by atoms with E-state index in [0.717, 1.165) is 11.1 Å². The highest BCUT2D eigenvalue weighted by Crippen LogP contribution is 2.14. The van der Waals surface area contributed by atoms with Gasteiger partial charge in [0.25, 0.3) is 0 Å². The molecule has 0 aliphatic rings. The number of Topliss-reactive ketones (excluding diaryl/α,β-unsaturated/α-hetero) is 2. The molecule has 0 aliphatic heterocycles. The minimum absolute atomic E-state index is 0.0526. The largest absolute Gasteiger partial charge is 0.483 e. The lowest BCUT2D eigenvalue weighted by Gasteiger charge is -2.16. The third-order valence-electron chi connectivity index (χ3n) is 5.73. The molecule has 1 aromatic heterocycles. The quantitative estimate of drug-likeness (QED) is 0.280. The molecule has 0 saturated heterocycles. The van der Waals surface area contributed by atoms with Gasteiger partial charge in [0, 0.05) is 23.6 Å². The molecule has 0 atom stereocenters. The fraction of sp³-hybridized carbons (Fsp3) is 0.167. The number of pyridine rings is 1. The zero-order valence-electron chi connectivity index (χ0n) is 20.1. The molecule has 0 aliphatic carbocycles. The average molecular weight is 482 g/mol. The maximum absolute atomic E-state index is 12.8. The molecular formula is C30H27NO5. The topological polar surface area (TPSA) is 74.6 Å². The molecule has 6 heteroatoms. The molecule has 0 spiro atoms. The summed E-state index contributed by atoms with van der Waals surface area (Å²) in [6.45, 7) is 2.02. The Morgan fingerprint density at radius 2 is 1.36 bits per heavy atom. The molecule has 0 bridgehead atoms. The van der Waals surface area contributed by atoms with Crippen molar-refractivity contribution in [3.63, 3.8) is 0 Å². The number of hydrogen-bond donors (Lipinski definition) is 0. The summed E-state index contributed by atoms with van der Waals surface area (Å²) in [6, 6.07) is 27.3. The van der Waals surface area contributed by atoms with Gasteiger partial charge in [-0.3, -0.25) is 14.4 Å². The molecule has 4 aromatic rings. The van der Waals surface area contributed by atoms with E-state index in [2.05, 4.69) is 0 Å². The summed E-state index contributed by atoms with van der Waals surface area (Å²) in [5.41, 5.74) is 3.27. The van der Waals surface area contributed by atoms with E-state index in [1.165, 1.54) is 23.9 Å². The van der Waals surface area contributed by atoms with Gasteiger partial charge in [0.1, 0.15) is 13.2 Å². The predicted octanol–water partition coefficient (Wildman–Crippen LogP) is 5.07. The Kier molecular flexibility index (Phi) is 8.08. The first kappa shape index (κ1) is 24.7. The Bertz CT molecular complexity index is 1380. The number of benzene rings is 3. The number of aromatic nitrogens is 1. The van der Waals surface area contributed by atoms with Gasteiger partial charge < -0.3 is 9.57 Å². The van der Waals surface area contributed by atoms with Crippen molar-refractivity contribution in [2.75, 3.05) is 0 Å². The second-order valence-corrected chi connectivity index (χ2v) is 8.41. The summed E-state index contributed by atoms with van der Waals surface area (Å²) < 4.78 is 7.30. The van der Waals surface area contributed by atoms with Gasteiger partial charge in [-0.1, -0.05) is 84.9 Å². The standard InChI is InChI=1S/C30H27NO5/c1-22(32)25-12-14-26(15-13-25)28(33)17-16-27-18-29(34)30(35-20-23-8-4-2-5-9-23)19-31(27)36-21-24-10-6-3-7-11-24/h2-15,18-19H,16-17,20-21H2,1H3. The van der Waals surface area contributed by atoms with Crippen molar-refractivity contribution in [2.45, 2.75) is 33.0 Å². The van der Waals surface area contributed by atoms with Crippen LogP contribution in [0.15, 0.2) is 102 Å². The minimum atomic E-state index is -0.279. The van der Waals surface area contributed by atoms with Gasteiger partial charge in [-0.25, -0.2) is 0 Å². The molecule has 0 unspecified atom stereocenters. The van der Waals surface area contributed by atoms with Crippen LogP contribution in [0.5, 0.6) is 5.75 Å². The van der Waals surface area contributed by atoms with Gasteiger partial charge >= 0.3 is 0 Å². The molecule has 0 amide bonds. The van der Waals surface area contributed by atoms with E-state index in [4.69, 9.17) is 9.57 Å². The third kappa shape index (κ3) is 6.57. The summed E-state index contributed by atoms with van der Waals surface area (Å²) >= 11 is 0. The fourth-order valence-corrected chi connectivity index (χ4v) is 3.68. The van der Waals surface area contributed by atoms with Crippen molar-refractivity contribution in [2.24, 2.45) is 0 Å². The maximum Gasteiger partial charge on any atom is 0.223 e. The van der Waals surface area contributed by atoms with Crippen LogP contribution in [0.25, 0.3) is 0 Å². The summed E-state index contributed by atoms with van der Waals surface area (Å²) in [4.78, 5) is 43.0. The Balaban J connectivity index is 1.51. The van der Waals surface area contributed by atoms with Crippen molar-refractivity contribution < 1.29 is 19.2 Å². The van der Waals surface area contributed by atoms with Crippen LogP contribution < -0.4 is 15.0 Å². The molecule has 0 saturated carbocycles. The van der Waals surface area contributed by atoms with Crippen molar-refractivity contribution in [3.05, 3.63) is 135 Å². The van der Waals surface area contributed by atoms with Gasteiger partial charge in [0.15, 0.2) is 17.3 Å². The number of nitrogens with zero attached hydrogens (tertiary/aromatic N) is 1. The van der Waals surface area contributed by atoms with Crippen LogP contribution in [0.3, 0.4) is 0 Å². The highest BCUT2D eigenvalue weighted by atomic mass is 16.7. The second-order valence-electron chi connectivity index (χ2n) is 8.41. The van der Waals surface area contributed by atoms with Crippen LogP contribution in [-0.2, 0) is 19.6 Å². The third-order valence-corrected chi connectivity index (χ3v) is 5.73. The van der Waals surface area contributed by atoms with Crippen LogP contribution >= 0.6 is 0 Å². The average Bonchev–Trinajstić information content (AvgIpc) is 2.91.